The van der Waals surface area contributed by atoms with Gasteiger partial charge >= 0.3 is 5.97 Å². The van der Waals surface area contributed by atoms with Gasteiger partial charge in [0.15, 0.2) is 5.76 Å². The van der Waals surface area contributed by atoms with Crippen molar-refractivity contribution in [3.8, 4) is 0 Å². The van der Waals surface area contributed by atoms with E-state index in [1.807, 2.05) is 6.07 Å². The van der Waals surface area contributed by atoms with Gasteiger partial charge < -0.3 is 37.6 Å². The van der Waals surface area contributed by atoms with Crippen molar-refractivity contribution in [3.05, 3.63) is 23.7 Å². The van der Waals surface area contributed by atoms with Crippen LogP contribution in [-0.2, 0) is 22.7 Å². The highest BCUT2D eigenvalue weighted by Crippen LogP contribution is 2.15. The summed E-state index contributed by atoms with van der Waals surface area (Å²) in [5.74, 6) is 0.608. The second kappa shape index (κ2) is 6.24. The number of ether oxygens (including phenoxy) is 1. The van der Waals surface area contributed by atoms with Gasteiger partial charge in [0, 0.05) is 12.5 Å². The van der Waals surface area contributed by atoms with Gasteiger partial charge in [-0.15, -0.1) is 0 Å². The minimum atomic E-state index is -0.271. The first kappa shape index (κ1) is 15.4. The Labute approximate surface area is 113 Å². The number of nitrogens with zero attached hydrogens (tertiary/aromatic N) is 1. The van der Waals surface area contributed by atoms with Crippen molar-refractivity contribution in [2.75, 3.05) is 21.1 Å². The van der Waals surface area contributed by atoms with Gasteiger partial charge in [-0.05, 0) is 6.07 Å². The molecule has 0 unspecified atom stereocenters. The molecule has 0 aromatic carbocycles. The summed E-state index contributed by atoms with van der Waals surface area (Å²) in [7, 11) is 6.24. The number of carbonyl (C=O) groups excluding carboxylic acids is 1. The van der Waals surface area contributed by atoms with E-state index in [1.54, 1.807) is 6.26 Å². The Kier molecular flexibility index (Phi) is 6.02. The standard InChI is InChI=1S/C11H18NO3.HI/c1-9(13)15-8-10-5-6-14-11(10)7-12(2,3)4;/h5-6H,7-8H2,1-4H3;1H/q+1;/p-1. The molecule has 1 aromatic rings. The zero-order valence-electron chi connectivity index (χ0n) is 10.1. The first-order valence-electron chi connectivity index (χ1n) is 4.87. The van der Waals surface area contributed by atoms with Crippen LogP contribution >= 0.6 is 0 Å². The van der Waals surface area contributed by atoms with Crippen molar-refractivity contribution in [3.63, 3.8) is 0 Å². The predicted octanol–water partition coefficient (Wildman–Crippen LogP) is -1.45. The normalized spacial score (nSPS) is 10.8. The monoisotopic (exact) mass is 339 g/mol. The van der Waals surface area contributed by atoms with E-state index in [9.17, 15) is 4.79 Å². The molecule has 0 radical (unpaired) electrons. The molecule has 0 spiro atoms. The molecule has 1 rings (SSSR count). The molecular formula is C11H18INO3. The Hall–Kier alpha value is -0.560. The van der Waals surface area contributed by atoms with Crippen LogP contribution in [0.5, 0.6) is 0 Å². The zero-order chi connectivity index (χ0) is 11.5. The average Bonchev–Trinajstić information content (AvgIpc) is 2.45. The van der Waals surface area contributed by atoms with Crippen LogP contribution in [0.1, 0.15) is 18.2 Å². The molecule has 0 aliphatic rings. The third kappa shape index (κ3) is 5.50. The van der Waals surface area contributed by atoms with Gasteiger partial charge in [-0.25, -0.2) is 0 Å². The fourth-order valence-corrected chi connectivity index (χ4v) is 1.24. The molecule has 0 aliphatic heterocycles. The average molecular weight is 339 g/mol. The third-order valence-corrected chi connectivity index (χ3v) is 1.89. The molecule has 4 nitrogen and oxygen atoms in total. The van der Waals surface area contributed by atoms with E-state index in [2.05, 4.69) is 21.1 Å². The van der Waals surface area contributed by atoms with Crippen molar-refractivity contribution < 1.29 is 42.4 Å². The summed E-state index contributed by atoms with van der Waals surface area (Å²) in [4.78, 5) is 10.7. The van der Waals surface area contributed by atoms with E-state index in [4.69, 9.17) is 9.15 Å². The summed E-state index contributed by atoms with van der Waals surface area (Å²) in [6, 6.07) is 1.84. The minimum absolute atomic E-state index is 0. The Morgan fingerprint density at radius 2 is 2.06 bits per heavy atom. The highest BCUT2D eigenvalue weighted by atomic mass is 127. The van der Waals surface area contributed by atoms with Gasteiger partial charge in [0.1, 0.15) is 13.2 Å². The van der Waals surface area contributed by atoms with Gasteiger partial charge in [-0.1, -0.05) is 0 Å². The van der Waals surface area contributed by atoms with E-state index >= 15 is 0 Å². The van der Waals surface area contributed by atoms with Gasteiger partial charge in [-0.2, -0.15) is 0 Å². The first-order valence-corrected chi connectivity index (χ1v) is 4.87. The molecule has 16 heavy (non-hydrogen) atoms. The van der Waals surface area contributed by atoms with E-state index in [0.717, 1.165) is 22.4 Å². The minimum Gasteiger partial charge on any atom is -1.00 e. The summed E-state index contributed by atoms with van der Waals surface area (Å²) < 4.78 is 11.1. The van der Waals surface area contributed by atoms with Crippen LogP contribution in [0.3, 0.4) is 0 Å². The summed E-state index contributed by atoms with van der Waals surface area (Å²) in [5, 5.41) is 0. The second-order valence-corrected chi connectivity index (χ2v) is 4.60. The van der Waals surface area contributed by atoms with Crippen molar-refractivity contribution >= 4 is 5.97 Å². The molecule has 0 atom stereocenters. The molecule has 1 heterocycles. The Bertz CT molecular complexity index is 341. The lowest BCUT2D eigenvalue weighted by Crippen LogP contribution is -3.00. The quantitative estimate of drug-likeness (QED) is 0.383. The molecule has 0 saturated carbocycles. The first-order chi connectivity index (χ1) is 6.88. The van der Waals surface area contributed by atoms with Gasteiger partial charge in [0.2, 0.25) is 0 Å². The number of esters is 1. The lowest BCUT2D eigenvalue weighted by Gasteiger charge is -2.22. The largest absolute Gasteiger partial charge is 1.00 e. The smallest absolute Gasteiger partial charge is 0.302 e. The van der Waals surface area contributed by atoms with Crippen LogP contribution in [0.4, 0.5) is 0 Å². The molecule has 5 heteroatoms. The Morgan fingerprint density at radius 3 is 2.56 bits per heavy atom. The van der Waals surface area contributed by atoms with Crippen LogP contribution in [0.2, 0.25) is 0 Å². The van der Waals surface area contributed by atoms with Crippen molar-refractivity contribution in [2.24, 2.45) is 0 Å². The zero-order valence-corrected chi connectivity index (χ0v) is 12.3. The van der Waals surface area contributed by atoms with Crippen LogP contribution in [0, 0.1) is 0 Å². The summed E-state index contributed by atoms with van der Waals surface area (Å²) in [5.41, 5.74) is 0.943. The van der Waals surface area contributed by atoms with Crippen molar-refractivity contribution in [1.29, 1.82) is 0 Å². The van der Waals surface area contributed by atoms with Crippen LogP contribution in [-0.4, -0.2) is 31.6 Å². The van der Waals surface area contributed by atoms with E-state index in [0.29, 0.717) is 6.61 Å². The molecule has 0 bridgehead atoms. The fourth-order valence-electron chi connectivity index (χ4n) is 1.24. The van der Waals surface area contributed by atoms with Crippen LogP contribution in [0.25, 0.3) is 0 Å². The van der Waals surface area contributed by atoms with Crippen molar-refractivity contribution in [2.45, 2.75) is 20.1 Å². The Morgan fingerprint density at radius 1 is 1.44 bits per heavy atom. The second-order valence-electron chi connectivity index (χ2n) is 4.60. The maximum Gasteiger partial charge on any atom is 0.302 e. The van der Waals surface area contributed by atoms with Gasteiger partial charge in [0.05, 0.1) is 27.4 Å². The molecule has 0 fully saturated rings. The third-order valence-electron chi connectivity index (χ3n) is 1.89. The fraction of sp³-hybridized carbons (Fsp3) is 0.545. The number of rotatable bonds is 4. The molecule has 0 amide bonds. The summed E-state index contributed by atoms with van der Waals surface area (Å²) in [6.45, 7) is 2.48. The maximum atomic E-state index is 10.7. The Balaban J connectivity index is 0.00000225. The molecule has 0 aliphatic carbocycles. The van der Waals surface area contributed by atoms with E-state index in [1.165, 1.54) is 6.92 Å². The summed E-state index contributed by atoms with van der Waals surface area (Å²) >= 11 is 0. The maximum absolute atomic E-state index is 10.7. The number of carbonyl (C=O) groups is 1. The lowest BCUT2D eigenvalue weighted by molar-refractivity contribution is -0.885. The van der Waals surface area contributed by atoms with E-state index in [-0.39, 0.29) is 29.9 Å². The van der Waals surface area contributed by atoms with Crippen LogP contribution in [0.15, 0.2) is 16.7 Å². The van der Waals surface area contributed by atoms with Crippen LogP contribution < -0.4 is 24.0 Å². The highest BCUT2D eigenvalue weighted by molar-refractivity contribution is 5.65. The predicted molar refractivity (Wildman–Crippen MR) is 55.9 cm³/mol. The molecule has 92 valence electrons. The molecule has 0 N–H and O–H groups in total. The number of furan rings is 1. The number of halogens is 1. The van der Waals surface area contributed by atoms with Gasteiger partial charge in [0.25, 0.3) is 0 Å². The number of quaternary nitrogens is 1. The lowest BCUT2D eigenvalue weighted by atomic mass is 10.2. The molecule has 1 aromatic heterocycles. The highest BCUT2D eigenvalue weighted by Gasteiger charge is 2.16. The van der Waals surface area contributed by atoms with E-state index < -0.39 is 0 Å². The number of hydrogen-bond acceptors (Lipinski definition) is 3. The SMILES string of the molecule is CC(=O)OCc1ccoc1C[N+](C)(C)C.[I-]. The molecule has 0 saturated heterocycles. The van der Waals surface area contributed by atoms with Gasteiger partial charge in [-0.3, -0.25) is 4.79 Å². The number of hydrogen-bond donors (Lipinski definition) is 0. The van der Waals surface area contributed by atoms with Crippen molar-refractivity contribution in [1.82, 2.24) is 0 Å². The summed E-state index contributed by atoms with van der Waals surface area (Å²) in [6.07, 6.45) is 1.63. The molecular weight excluding hydrogens is 321 g/mol. The topological polar surface area (TPSA) is 39.4 Å².